The zero-order valence-corrected chi connectivity index (χ0v) is 12.0. The van der Waals surface area contributed by atoms with Crippen molar-refractivity contribution in [3.05, 3.63) is 21.9 Å². The third-order valence-corrected chi connectivity index (χ3v) is 3.19. The molecule has 5 heteroatoms. The summed E-state index contributed by atoms with van der Waals surface area (Å²) in [5.74, 6) is -0.0143. The minimum absolute atomic E-state index is 0.0143. The lowest BCUT2D eigenvalue weighted by molar-refractivity contribution is -0.124. The molecule has 1 amide bonds. The van der Waals surface area contributed by atoms with E-state index in [1.165, 1.54) is 11.3 Å². The number of hydrogen-bond acceptors (Lipinski definition) is 4. The van der Waals surface area contributed by atoms with Gasteiger partial charge < -0.3 is 10.6 Å². The Labute approximate surface area is 112 Å². The standard InChI is InChI=1S/C13H19N3OS/c1-9(12(17)16-13(2,3)4)15-7-11-5-10(6-14)8-18-11/h5,8-9,15H,7H2,1-4H3,(H,16,17). The van der Waals surface area contributed by atoms with Crippen LogP contribution in [0.3, 0.4) is 0 Å². The number of rotatable bonds is 4. The molecule has 0 bridgehead atoms. The minimum atomic E-state index is -0.253. The molecule has 0 radical (unpaired) electrons. The lowest BCUT2D eigenvalue weighted by Gasteiger charge is -2.23. The van der Waals surface area contributed by atoms with Gasteiger partial charge in [0.15, 0.2) is 0 Å². The summed E-state index contributed by atoms with van der Waals surface area (Å²) in [5.41, 5.74) is 0.452. The van der Waals surface area contributed by atoms with Crippen molar-refractivity contribution >= 4 is 17.2 Å². The largest absolute Gasteiger partial charge is 0.350 e. The molecule has 18 heavy (non-hydrogen) atoms. The lowest BCUT2D eigenvalue weighted by atomic mass is 10.1. The van der Waals surface area contributed by atoms with Crippen molar-refractivity contribution in [2.24, 2.45) is 0 Å². The molecular formula is C13H19N3OS. The van der Waals surface area contributed by atoms with Crippen LogP contribution in [-0.4, -0.2) is 17.5 Å². The molecule has 0 saturated carbocycles. The van der Waals surface area contributed by atoms with E-state index >= 15 is 0 Å². The van der Waals surface area contributed by atoms with E-state index in [-0.39, 0.29) is 17.5 Å². The molecule has 0 fully saturated rings. The van der Waals surface area contributed by atoms with Crippen molar-refractivity contribution < 1.29 is 4.79 Å². The fourth-order valence-corrected chi connectivity index (χ4v) is 2.12. The Morgan fingerprint density at radius 3 is 2.72 bits per heavy atom. The summed E-state index contributed by atoms with van der Waals surface area (Å²) >= 11 is 1.52. The quantitative estimate of drug-likeness (QED) is 0.875. The molecule has 1 aromatic rings. The zero-order valence-electron chi connectivity index (χ0n) is 11.2. The Bertz CT molecular complexity index is 454. The van der Waals surface area contributed by atoms with E-state index < -0.39 is 0 Å². The smallest absolute Gasteiger partial charge is 0.237 e. The number of amides is 1. The number of nitrogens with one attached hydrogen (secondary N) is 2. The number of nitrogens with zero attached hydrogens (tertiary/aromatic N) is 1. The molecule has 1 aromatic heterocycles. The highest BCUT2D eigenvalue weighted by Crippen LogP contribution is 2.13. The maximum atomic E-state index is 11.8. The van der Waals surface area contributed by atoms with Gasteiger partial charge in [0.2, 0.25) is 5.91 Å². The first kappa shape index (κ1) is 14.7. The first-order valence-electron chi connectivity index (χ1n) is 5.85. The molecule has 98 valence electrons. The third-order valence-electron chi connectivity index (χ3n) is 2.26. The normalized spacial score (nSPS) is 12.8. The summed E-state index contributed by atoms with van der Waals surface area (Å²) in [5, 5.41) is 16.6. The summed E-state index contributed by atoms with van der Waals surface area (Å²) < 4.78 is 0. The van der Waals surface area contributed by atoms with Gasteiger partial charge in [-0.1, -0.05) is 0 Å². The Morgan fingerprint density at radius 1 is 1.56 bits per heavy atom. The Balaban J connectivity index is 2.44. The predicted octanol–water partition coefficient (Wildman–Crippen LogP) is 2.01. The number of hydrogen-bond donors (Lipinski definition) is 2. The molecule has 1 rings (SSSR count). The summed E-state index contributed by atoms with van der Waals surface area (Å²) in [7, 11) is 0. The van der Waals surface area contributed by atoms with Crippen LogP contribution in [0, 0.1) is 11.3 Å². The van der Waals surface area contributed by atoms with Crippen molar-refractivity contribution in [3.63, 3.8) is 0 Å². The zero-order chi connectivity index (χ0) is 13.8. The predicted molar refractivity (Wildman–Crippen MR) is 73.2 cm³/mol. The van der Waals surface area contributed by atoms with Gasteiger partial charge in [0.1, 0.15) is 6.07 Å². The van der Waals surface area contributed by atoms with Gasteiger partial charge in [-0.2, -0.15) is 5.26 Å². The van der Waals surface area contributed by atoms with Crippen molar-refractivity contribution in [1.82, 2.24) is 10.6 Å². The SMILES string of the molecule is CC(NCc1cc(C#N)cs1)C(=O)NC(C)(C)C. The first-order chi connectivity index (χ1) is 8.31. The van der Waals surface area contributed by atoms with Crippen LogP contribution < -0.4 is 10.6 Å². The molecule has 0 saturated heterocycles. The second kappa shape index (κ2) is 5.98. The maximum absolute atomic E-state index is 11.8. The minimum Gasteiger partial charge on any atom is -0.350 e. The number of thiophene rings is 1. The molecule has 0 aliphatic carbocycles. The monoisotopic (exact) mass is 265 g/mol. The van der Waals surface area contributed by atoms with Crippen LogP contribution in [-0.2, 0) is 11.3 Å². The van der Waals surface area contributed by atoms with Gasteiger partial charge >= 0.3 is 0 Å². The molecule has 0 spiro atoms. The number of carbonyl (C=O) groups excluding carboxylic acids is 1. The van der Waals surface area contributed by atoms with Crippen molar-refractivity contribution in [1.29, 1.82) is 5.26 Å². The third kappa shape index (κ3) is 4.86. The maximum Gasteiger partial charge on any atom is 0.237 e. The van der Waals surface area contributed by atoms with Crippen LogP contribution in [0.5, 0.6) is 0 Å². The lowest BCUT2D eigenvalue weighted by Crippen LogP contribution is -2.49. The van der Waals surface area contributed by atoms with Gasteiger partial charge in [-0.15, -0.1) is 11.3 Å². The van der Waals surface area contributed by atoms with Crippen LogP contribution in [0.1, 0.15) is 38.1 Å². The Hall–Kier alpha value is -1.38. The molecule has 0 aliphatic rings. The van der Waals surface area contributed by atoms with E-state index in [9.17, 15) is 4.79 Å². The van der Waals surface area contributed by atoms with Crippen LogP contribution in [0.25, 0.3) is 0 Å². The highest BCUT2D eigenvalue weighted by atomic mass is 32.1. The van der Waals surface area contributed by atoms with Crippen LogP contribution >= 0.6 is 11.3 Å². The van der Waals surface area contributed by atoms with Gasteiger partial charge in [0, 0.05) is 22.3 Å². The molecule has 4 nitrogen and oxygen atoms in total. The van der Waals surface area contributed by atoms with E-state index in [2.05, 4.69) is 16.7 Å². The molecule has 2 N–H and O–H groups in total. The molecule has 0 aromatic carbocycles. The second-order valence-electron chi connectivity index (χ2n) is 5.26. The molecule has 1 heterocycles. The van der Waals surface area contributed by atoms with Gasteiger partial charge in [0.05, 0.1) is 11.6 Å². The molecule has 1 atom stereocenters. The summed E-state index contributed by atoms with van der Waals surface area (Å²) in [6.07, 6.45) is 0. The van der Waals surface area contributed by atoms with E-state index in [0.717, 1.165) is 4.88 Å². The van der Waals surface area contributed by atoms with Crippen LogP contribution in [0.4, 0.5) is 0 Å². The number of carbonyl (C=O) groups is 1. The van der Waals surface area contributed by atoms with Crippen LogP contribution in [0.15, 0.2) is 11.4 Å². The highest BCUT2D eigenvalue weighted by molar-refractivity contribution is 7.10. The fraction of sp³-hybridized carbons (Fsp3) is 0.538. The molecule has 1 unspecified atom stereocenters. The average molecular weight is 265 g/mol. The highest BCUT2D eigenvalue weighted by Gasteiger charge is 2.18. The first-order valence-corrected chi connectivity index (χ1v) is 6.73. The second-order valence-corrected chi connectivity index (χ2v) is 6.25. The average Bonchev–Trinajstić information content (AvgIpc) is 2.71. The van der Waals surface area contributed by atoms with Crippen molar-refractivity contribution in [2.75, 3.05) is 0 Å². The molecular weight excluding hydrogens is 246 g/mol. The Morgan fingerprint density at radius 2 is 2.22 bits per heavy atom. The topological polar surface area (TPSA) is 64.9 Å². The summed E-state index contributed by atoms with van der Waals surface area (Å²) in [4.78, 5) is 12.9. The van der Waals surface area contributed by atoms with E-state index in [4.69, 9.17) is 5.26 Å². The van der Waals surface area contributed by atoms with Gasteiger partial charge in [0.25, 0.3) is 0 Å². The van der Waals surface area contributed by atoms with Gasteiger partial charge in [-0.25, -0.2) is 0 Å². The van der Waals surface area contributed by atoms with Crippen LogP contribution in [0.2, 0.25) is 0 Å². The van der Waals surface area contributed by atoms with Crippen molar-refractivity contribution in [2.45, 2.75) is 45.8 Å². The summed E-state index contributed by atoms with van der Waals surface area (Å²) in [6, 6.07) is 3.68. The fourth-order valence-electron chi connectivity index (χ4n) is 1.36. The van der Waals surface area contributed by atoms with Gasteiger partial charge in [-0.3, -0.25) is 4.79 Å². The number of nitriles is 1. The van der Waals surface area contributed by atoms with E-state index in [0.29, 0.717) is 12.1 Å². The summed E-state index contributed by atoms with van der Waals surface area (Å²) in [6.45, 7) is 8.30. The Kier molecular flexibility index (Phi) is 4.88. The van der Waals surface area contributed by atoms with E-state index in [1.807, 2.05) is 39.1 Å². The van der Waals surface area contributed by atoms with Crippen molar-refractivity contribution in [3.8, 4) is 6.07 Å². The van der Waals surface area contributed by atoms with E-state index in [1.54, 1.807) is 0 Å². The molecule has 0 aliphatic heterocycles. The van der Waals surface area contributed by atoms with Gasteiger partial charge in [-0.05, 0) is 33.8 Å².